The molecule has 0 unspecified atom stereocenters. The van der Waals surface area contributed by atoms with Crippen LogP contribution in [-0.4, -0.2) is 110 Å². The number of aliphatic hydroxyl groups excluding tert-OH is 2. The van der Waals surface area contributed by atoms with Gasteiger partial charge in [-0.3, -0.25) is 9.80 Å². The maximum atomic E-state index is 9.83. The molecular formula is C32H53N2O6Y-. The third-order valence-electron chi connectivity index (χ3n) is 9.17. The van der Waals surface area contributed by atoms with Gasteiger partial charge in [0.1, 0.15) is 0 Å². The SMILES string of the molecule is COc1ccc(CCO[C@@H]2CCCC[C@H]2N2CC[C@@H](O)C2)cc1OC.[CH2-]CO[C@@H]1CCCC[C@H]1N1CC[C@@H](O)C1.[Y]. The molecule has 0 bridgehead atoms. The molecule has 0 spiro atoms. The van der Waals surface area contributed by atoms with Gasteiger partial charge in [-0.05, 0) is 62.6 Å². The average molecular weight is 651 g/mol. The van der Waals surface area contributed by atoms with E-state index in [1.54, 1.807) is 14.2 Å². The summed E-state index contributed by atoms with van der Waals surface area (Å²) >= 11 is 0. The summed E-state index contributed by atoms with van der Waals surface area (Å²) in [5.41, 5.74) is 1.20. The monoisotopic (exact) mass is 650 g/mol. The molecule has 231 valence electrons. The molecule has 1 radical (unpaired) electrons. The zero-order chi connectivity index (χ0) is 28.3. The number of nitrogens with zero attached hydrogens (tertiary/aromatic N) is 2. The number of hydrogen-bond donors (Lipinski definition) is 2. The Kier molecular flexibility index (Phi) is 15.9. The van der Waals surface area contributed by atoms with Gasteiger partial charge in [-0.1, -0.05) is 38.4 Å². The van der Waals surface area contributed by atoms with E-state index in [2.05, 4.69) is 22.8 Å². The number of ether oxygens (including phenoxy) is 4. The summed E-state index contributed by atoms with van der Waals surface area (Å²) in [6.45, 7) is 8.72. The second kappa shape index (κ2) is 18.5. The first kappa shape index (κ1) is 35.2. The third-order valence-corrected chi connectivity index (χ3v) is 9.17. The first-order chi connectivity index (χ1) is 19.5. The molecular weight excluding hydrogens is 597 g/mol. The molecule has 4 fully saturated rings. The van der Waals surface area contributed by atoms with Crippen molar-refractivity contribution < 1.29 is 61.9 Å². The maximum Gasteiger partial charge on any atom is 0.160 e. The summed E-state index contributed by atoms with van der Waals surface area (Å²) in [5.74, 6) is 1.52. The molecule has 9 heteroatoms. The molecule has 5 rings (SSSR count). The first-order valence-corrected chi connectivity index (χ1v) is 15.6. The number of rotatable bonds is 10. The van der Waals surface area contributed by atoms with E-state index in [9.17, 15) is 10.2 Å². The van der Waals surface area contributed by atoms with Crippen molar-refractivity contribution >= 4 is 0 Å². The number of benzene rings is 1. The smallest absolute Gasteiger partial charge is 0.160 e. The molecule has 2 saturated carbocycles. The fourth-order valence-corrected chi connectivity index (χ4v) is 7.03. The molecule has 8 nitrogen and oxygen atoms in total. The maximum absolute atomic E-state index is 9.83. The van der Waals surface area contributed by atoms with Crippen molar-refractivity contribution in [1.29, 1.82) is 0 Å². The van der Waals surface area contributed by atoms with Crippen LogP contribution in [0.1, 0.15) is 69.8 Å². The van der Waals surface area contributed by atoms with Crippen molar-refractivity contribution in [3.8, 4) is 11.5 Å². The molecule has 2 heterocycles. The zero-order valence-corrected chi connectivity index (χ0v) is 28.3. The van der Waals surface area contributed by atoms with Crippen LogP contribution in [0.3, 0.4) is 0 Å². The summed E-state index contributed by atoms with van der Waals surface area (Å²) < 4.78 is 22.7. The molecule has 6 atom stereocenters. The Morgan fingerprint density at radius 2 is 1.29 bits per heavy atom. The average Bonchev–Trinajstić information content (AvgIpc) is 3.62. The summed E-state index contributed by atoms with van der Waals surface area (Å²) in [7, 11) is 3.31. The molecule has 41 heavy (non-hydrogen) atoms. The quantitative estimate of drug-likeness (QED) is 0.370. The predicted molar refractivity (Wildman–Crippen MR) is 157 cm³/mol. The van der Waals surface area contributed by atoms with E-state index in [0.29, 0.717) is 37.5 Å². The molecule has 2 N–H and O–H groups in total. The molecule has 2 saturated heterocycles. The number of hydrogen-bond acceptors (Lipinski definition) is 8. The van der Waals surface area contributed by atoms with Gasteiger partial charge in [0, 0.05) is 71.0 Å². The van der Waals surface area contributed by atoms with E-state index < -0.39 is 0 Å². The third kappa shape index (κ3) is 10.4. The van der Waals surface area contributed by atoms with Crippen molar-refractivity contribution in [2.24, 2.45) is 0 Å². The van der Waals surface area contributed by atoms with Gasteiger partial charge in [-0.2, -0.15) is 0 Å². The number of β-amino-alcohol motifs (C(OH)–C–C–N with tert-alkyl or cyclic N) is 2. The van der Waals surface area contributed by atoms with E-state index in [4.69, 9.17) is 18.9 Å². The van der Waals surface area contributed by atoms with Crippen molar-refractivity contribution in [2.75, 3.05) is 53.6 Å². The van der Waals surface area contributed by atoms with E-state index in [-0.39, 0.29) is 44.9 Å². The first-order valence-electron chi connectivity index (χ1n) is 15.6. The Labute approximate surface area is 273 Å². The van der Waals surface area contributed by atoms with Crippen LogP contribution in [0.2, 0.25) is 0 Å². The molecule has 0 aromatic heterocycles. The Morgan fingerprint density at radius 3 is 1.78 bits per heavy atom. The Hall–Kier alpha value is -0.316. The molecule has 0 amide bonds. The van der Waals surface area contributed by atoms with Crippen LogP contribution >= 0.6 is 0 Å². The minimum atomic E-state index is -0.158. The summed E-state index contributed by atoms with van der Waals surface area (Å²) in [5, 5.41) is 19.4. The van der Waals surface area contributed by atoms with Gasteiger partial charge in [-0.25, -0.2) is 0 Å². The van der Waals surface area contributed by atoms with Crippen LogP contribution in [0.25, 0.3) is 0 Å². The second-order valence-electron chi connectivity index (χ2n) is 11.8. The van der Waals surface area contributed by atoms with Crippen molar-refractivity contribution in [3.63, 3.8) is 0 Å². The largest absolute Gasteiger partial charge is 0.493 e. The van der Waals surface area contributed by atoms with Crippen molar-refractivity contribution in [2.45, 2.75) is 107 Å². The van der Waals surface area contributed by atoms with Crippen LogP contribution < -0.4 is 9.47 Å². The van der Waals surface area contributed by atoms with Crippen LogP contribution in [0.4, 0.5) is 0 Å². The summed E-state index contributed by atoms with van der Waals surface area (Å²) in [6.07, 6.45) is 12.8. The Bertz CT molecular complexity index is 872. The van der Waals surface area contributed by atoms with Gasteiger partial charge >= 0.3 is 0 Å². The van der Waals surface area contributed by atoms with Gasteiger partial charge in [0.2, 0.25) is 0 Å². The minimum absolute atomic E-state index is 0. The van der Waals surface area contributed by atoms with Gasteiger partial charge < -0.3 is 36.1 Å². The van der Waals surface area contributed by atoms with Crippen LogP contribution in [0.5, 0.6) is 11.5 Å². The van der Waals surface area contributed by atoms with E-state index in [1.807, 2.05) is 12.1 Å². The van der Waals surface area contributed by atoms with Crippen LogP contribution in [0.15, 0.2) is 18.2 Å². The van der Waals surface area contributed by atoms with Gasteiger partial charge in [0.15, 0.2) is 11.5 Å². The van der Waals surface area contributed by atoms with Crippen molar-refractivity contribution in [1.82, 2.24) is 9.80 Å². The van der Waals surface area contributed by atoms with Gasteiger partial charge in [-0.15, -0.1) is 0 Å². The molecule has 1 aromatic carbocycles. The summed E-state index contributed by atoms with van der Waals surface area (Å²) in [4.78, 5) is 4.84. The van der Waals surface area contributed by atoms with E-state index in [1.165, 1.54) is 44.1 Å². The predicted octanol–water partition coefficient (Wildman–Crippen LogP) is 3.85. The molecule has 2 aliphatic carbocycles. The minimum Gasteiger partial charge on any atom is -0.493 e. The standard InChI is InChI=1S/C20H31NO4.C12H22NO2.Y/c1-23-19-8-7-15(13-20(19)24-2)10-12-25-18-6-4-3-5-17(18)21-11-9-16(22)14-21;1-2-15-12-6-4-3-5-11(12)13-8-7-10(14)9-13;/h7-8,13,16-18,22H,3-6,9-12,14H2,1-2H3;10-12,14H,1-9H2;/q;-1;/t16-,17-,18-;10-,11-,12-;/m11./s1. The second-order valence-corrected chi connectivity index (χ2v) is 11.8. The summed E-state index contributed by atoms with van der Waals surface area (Å²) in [6, 6.07) is 7.04. The molecule has 2 aliphatic heterocycles. The normalized spacial score (nSPS) is 30.8. The van der Waals surface area contributed by atoms with Crippen LogP contribution in [-0.2, 0) is 48.6 Å². The molecule has 1 aromatic rings. The van der Waals surface area contributed by atoms with Gasteiger partial charge in [0.25, 0.3) is 0 Å². The number of methoxy groups -OCH3 is 2. The topological polar surface area (TPSA) is 83.9 Å². The van der Waals surface area contributed by atoms with E-state index >= 15 is 0 Å². The van der Waals surface area contributed by atoms with Crippen molar-refractivity contribution in [3.05, 3.63) is 30.7 Å². The fraction of sp³-hybridized carbons (Fsp3) is 0.781. The van der Waals surface area contributed by atoms with E-state index in [0.717, 1.165) is 69.8 Å². The Morgan fingerprint density at radius 1 is 0.756 bits per heavy atom. The Balaban J connectivity index is 0.000000248. The van der Waals surface area contributed by atoms with Crippen LogP contribution in [0, 0.1) is 6.92 Å². The zero-order valence-electron chi connectivity index (χ0n) is 25.4. The molecule has 4 aliphatic rings. The fourth-order valence-electron chi connectivity index (χ4n) is 7.03. The number of likely N-dealkylation sites (tertiary alicyclic amines) is 2. The number of aliphatic hydroxyl groups is 2. The van der Waals surface area contributed by atoms with Gasteiger partial charge in [0.05, 0.1) is 45.2 Å².